The zero-order valence-corrected chi connectivity index (χ0v) is 14.9. The second-order valence-corrected chi connectivity index (χ2v) is 7.00. The highest BCUT2D eigenvalue weighted by Gasteiger charge is 2.36. The Morgan fingerprint density at radius 3 is 2.46 bits per heavy atom. The van der Waals surface area contributed by atoms with Crippen LogP contribution in [0.5, 0.6) is 0 Å². The van der Waals surface area contributed by atoms with Crippen molar-refractivity contribution >= 4 is 23.4 Å². The number of halogens is 1. The van der Waals surface area contributed by atoms with Crippen molar-refractivity contribution in [1.82, 2.24) is 10.2 Å². The molecule has 2 aliphatic heterocycles. The van der Waals surface area contributed by atoms with Gasteiger partial charge in [0.15, 0.2) is 0 Å². The van der Waals surface area contributed by atoms with E-state index in [1.165, 1.54) is 29.2 Å². The summed E-state index contributed by atoms with van der Waals surface area (Å²) in [5, 5.41) is 2.75. The van der Waals surface area contributed by atoms with Gasteiger partial charge in [0.2, 0.25) is 17.7 Å². The van der Waals surface area contributed by atoms with E-state index >= 15 is 0 Å². The first-order valence-electron chi connectivity index (χ1n) is 9.11. The maximum absolute atomic E-state index is 13.0. The first kappa shape index (κ1) is 18.4. The molecule has 2 saturated heterocycles. The minimum atomic E-state index is -0.601. The number of likely N-dealkylation sites (tertiary alicyclic amines) is 1. The number of nitrogens with zero attached hydrogens (tertiary/aromatic N) is 2. The van der Waals surface area contributed by atoms with Crippen molar-refractivity contribution in [3.05, 3.63) is 30.1 Å². The summed E-state index contributed by atoms with van der Waals surface area (Å²) in [4.78, 5) is 40.4. The van der Waals surface area contributed by atoms with Gasteiger partial charge in [-0.05, 0) is 50.5 Å². The number of hydrogen-bond donors (Lipinski definition) is 1. The van der Waals surface area contributed by atoms with E-state index in [4.69, 9.17) is 0 Å². The van der Waals surface area contributed by atoms with Crippen molar-refractivity contribution in [2.24, 2.45) is 5.92 Å². The van der Waals surface area contributed by atoms with E-state index in [2.05, 4.69) is 5.32 Å². The molecule has 1 unspecified atom stereocenters. The van der Waals surface area contributed by atoms with Gasteiger partial charge < -0.3 is 15.1 Å². The molecule has 2 aliphatic rings. The standard InChI is InChI=1S/C19H24FN3O3/c1-13(19(26)22-9-3-2-4-10-22)21-18(25)14-11-17(24)23(12-14)16-7-5-15(20)6-8-16/h5-8,13-14H,2-4,9-12H2,1H3,(H,21,25)/t13-,14?/m1/s1. The summed E-state index contributed by atoms with van der Waals surface area (Å²) in [6, 6.07) is 5.02. The molecule has 26 heavy (non-hydrogen) atoms. The van der Waals surface area contributed by atoms with Gasteiger partial charge in [-0.25, -0.2) is 4.39 Å². The first-order valence-corrected chi connectivity index (χ1v) is 9.11. The lowest BCUT2D eigenvalue weighted by molar-refractivity contribution is -0.137. The van der Waals surface area contributed by atoms with E-state index in [1.807, 2.05) is 0 Å². The predicted molar refractivity (Wildman–Crippen MR) is 94.9 cm³/mol. The number of rotatable bonds is 4. The van der Waals surface area contributed by atoms with Crippen molar-refractivity contribution in [2.45, 2.75) is 38.6 Å². The number of amides is 3. The highest BCUT2D eigenvalue weighted by molar-refractivity contribution is 6.01. The average molecular weight is 361 g/mol. The van der Waals surface area contributed by atoms with Crippen molar-refractivity contribution < 1.29 is 18.8 Å². The fraction of sp³-hybridized carbons (Fsp3) is 0.526. The molecule has 3 rings (SSSR count). The number of piperidine rings is 1. The lowest BCUT2D eigenvalue weighted by atomic mass is 10.1. The lowest BCUT2D eigenvalue weighted by Crippen LogP contribution is -2.50. The third-order valence-electron chi connectivity index (χ3n) is 5.03. The number of hydrogen-bond acceptors (Lipinski definition) is 3. The van der Waals surface area contributed by atoms with E-state index in [-0.39, 0.29) is 36.5 Å². The fourth-order valence-electron chi connectivity index (χ4n) is 3.53. The van der Waals surface area contributed by atoms with E-state index < -0.39 is 12.0 Å². The van der Waals surface area contributed by atoms with Gasteiger partial charge >= 0.3 is 0 Å². The third-order valence-corrected chi connectivity index (χ3v) is 5.03. The van der Waals surface area contributed by atoms with Gasteiger partial charge in [0.1, 0.15) is 11.9 Å². The lowest BCUT2D eigenvalue weighted by Gasteiger charge is -2.29. The highest BCUT2D eigenvalue weighted by Crippen LogP contribution is 2.25. The minimum Gasteiger partial charge on any atom is -0.344 e. The van der Waals surface area contributed by atoms with Gasteiger partial charge in [-0.15, -0.1) is 0 Å². The quantitative estimate of drug-likeness (QED) is 0.887. The molecule has 1 aromatic rings. The Hall–Kier alpha value is -2.44. The molecule has 0 saturated carbocycles. The van der Waals surface area contributed by atoms with Gasteiger partial charge in [0.05, 0.1) is 5.92 Å². The smallest absolute Gasteiger partial charge is 0.244 e. The molecule has 6 nitrogen and oxygen atoms in total. The second kappa shape index (κ2) is 7.85. The summed E-state index contributed by atoms with van der Waals surface area (Å²) in [6.45, 7) is 3.39. The van der Waals surface area contributed by atoms with Crippen molar-refractivity contribution in [1.29, 1.82) is 0 Å². The maximum Gasteiger partial charge on any atom is 0.244 e. The number of nitrogens with one attached hydrogen (secondary N) is 1. The number of carbonyl (C=O) groups is 3. The van der Waals surface area contributed by atoms with Crippen LogP contribution in [0.15, 0.2) is 24.3 Å². The first-order chi connectivity index (χ1) is 12.5. The largest absolute Gasteiger partial charge is 0.344 e. The Labute approximate surface area is 152 Å². The van der Waals surface area contributed by atoms with Crippen LogP contribution in [0.1, 0.15) is 32.6 Å². The number of benzene rings is 1. The normalized spacial score (nSPS) is 21.6. The van der Waals surface area contributed by atoms with Crippen LogP contribution in [-0.2, 0) is 14.4 Å². The Bertz CT molecular complexity index is 686. The van der Waals surface area contributed by atoms with Crippen molar-refractivity contribution in [2.75, 3.05) is 24.5 Å². The van der Waals surface area contributed by atoms with E-state index in [0.717, 1.165) is 32.4 Å². The Balaban J connectivity index is 1.57. The molecular formula is C19H24FN3O3. The van der Waals surface area contributed by atoms with E-state index in [1.54, 1.807) is 11.8 Å². The SMILES string of the molecule is C[C@@H](NC(=O)C1CC(=O)N(c2ccc(F)cc2)C1)C(=O)N1CCCCC1. The molecule has 3 amide bonds. The second-order valence-electron chi connectivity index (χ2n) is 7.00. The molecule has 7 heteroatoms. The molecular weight excluding hydrogens is 337 g/mol. The summed E-state index contributed by atoms with van der Waals surface area (Å²) in [7, 11) is 0. The minimum absolute atomic E-state index is 0.0715. The van der Waals surface area contributed by atoms with Crippen LogP contribution < -0.4 is 10.2 Å². The van der Waals surface area contributed by atoms with Crippen LogP contribution in [0, 0.1) is 11.7 Å². The van der Waals surface area contributed by atoms with Crippen LogP contribution in [-0.4, -0.2) is 48.3 Å². The molecule has 0 bridgehead atoms. The molecule has 140 valence electrons. The van der Waals surface area contributed by atoms with Gasteiger partial charge in [0, 0.05) is 31.7 Å². The van der Waals surface area contributed by atoms with Crippen molar-refractivity contribution in [3.8, 4) is 0 Å². The summed E-state index contributed by atoms with van der Waals surface area (Å²) in [5.41, 5.74) is 0.573. The van der Waals surface area contributed by atoms with Crippen LogP contribution in [0.3, 0.4) is 0 Å². The molecule has 0 spiro atoms. The van der Waals surface area contributed by atoms with Crippen LogP contribution in [0.2, 0.25) is 0 Å². The summed E-state index contributed by atoms with van der Waals surface area (Å²) in [6.07, 6.45) is 3.22. The molecule has 0 radical (unpaired) electrons. The molecule has 1 N–H and O–H groups in total. The van der Waals surface area contributed by atoms with E-state index in [9.17, 15) is 18.8 Å². The van der Waals surface area contributed by atoms with Crippen LogP contribution in [0.25, 0.3) is 0 Å². The summed E-state index contributed by atoms with van der Waals surface area (Å²) < 4.78 is 13.0. The van der Waals surface area contributed by atoms with Gasteiger partial charge in [-0.2, -0.15) is 0 Å². The monoisotopic (exact) mass is 361 g/mol. The fourth-order valence-corrected chi connectivity index (χ4v) is 3.53. The Kier molecular flexibility index (Phi) is 5.54. The molecule has 2 atom stereocenters. The Morgan fingerprint density at radius 2 is 1.81 bits per heavy atom. The van der Waals surface area contributed by atoms with E-state index in [0.29, 0.717) is 5.69 Å². The predicted octanol–water partition coefficient (Wildman–Crippen LogP) is 1.70. The van der Waals surface area contributed by atoms with Crippen LogP contribution in [0.4, 0.5) is 10.1 Å². The molecule has 0 aromatic heterocycles. The van der Waals surface area contributed by atoms with Gasteiger partial charge in [-0.1, -0.05) is 0 Å². The van der Waals surface area contributed by atoms with Crippen molar-refractivity contribution in [3.63, 3.8) is 0 Å². The summed E-state index contributed by atoms with van der Waals surface area (Å²) >= 11 is 0. The average Bonchev–Trinajstić information content (AvgIpc) is 3.04. The topological polar surface area (TPSA) is 69.7 Å². The van der Waals surface area contributed by atoms with Gasteiger partial charge in [0.25, 0.3) is 0 Å². The van der Waals surface area contributed by atoms with Gasteiger partial charge in [-0.3, -0.25) is 14.4 Å². The van der Waals surface area contributed by atoms with Crippen LogP contribution >= 0.6 is 0 Å². The molecule has 2 heterocycles. The third kappa shape index (κ3) is 4.03. The molecule has 2 fully saturated rings. The molecule has 1 aromatic carbocycles. The Morgan fingerprint density at radius 1 is 1.15 bits per heavy atom. The highest BCUT2D eigenvalue weighted by atomic mass is 19.1. The number of carbonyl (C=O) groups excluding carboxylic acids is 3. The summed E-state index contributed by atoms with van der Waals surface area (Å²) in [5.74, 6) is -1.42. The maximum atomic E-state index is 13.0. The molecule has 0 aliphatic carbocycles. The number of anilines is 1. The zero-order chi connectivity index (χ0) is 18.7. The zero-order valence-electron chi connectivity index (χ0n) is 14.9.